The van der Waals surface area contributed by atoms with E-state index in [-0.39, 0.29) is 11.5 Å². The van der Waals surface area contributed by atoms with Crippen LogP contribution in [0.3, 0.4) is 0 Å². The lowest BCUT2D eigenvalue weighted by atomic mass is 10.2. The van der Waals surface area contributed by atoms with Crippen molar-refractivity contribution in [2.75, 3.05) is 12.4 Å². The second kappa shape index (κ2) is 5.31. The predicted molar refractivity (Wildman–Crippen MR) is 70.1 cm³/mol. The van der Waals surface area contributed by atoms with Crippen LogP contribution in [0.1, 0.15) is 5.56 Å². The molecule has 2 aromatic rings. The molecule has 0 atom stereocenters. The Labute approximate surface area is 105 Å². The van der Waals surface area contributed by atoms with Crippen LogP contribution >= 0.6 is 0 Å². The van der Waals surface area contributed by atoms with Gasteiger partial charge in [0.1, 0.15) is 5.75 Å². The maximum absolute atomic E-state index is 9.91. The highest BCUT2D eigenvalue weighted by Gasteiger charge is 2.06. The van der Waals surface area contributed by atoms with E-state index in [4.69, 9.17) is 4.74 Å². The maximum atomic E-state index is 9.91. The van der Waals surface area contributed by atoms with E-state index >= 15 is 0 Å². The van der Waals surface area contributed by atoms with Crippen molar-refractivity contribution in [2.24, 2.45) is 0 Å². The van der Waals surface area contributed by atoms with Crippen LogP contribution in [-0.4, -0.2) is 17.3 Å². The first-order chi connectivity index (χ1) is 8.70. The molecule has 0 aromatic heterocycles. The molecule has 4 heteroatoms. The minimum atomic E-state index is 0.145. The molecule has 0 saturated carbocycles. The number of aromatic hydroxyl groups is 2. The molecule has 3 N–H and O–H groups in total. The first kappa shape index (κ1) is 12.1. The lowest BCUT2D eigenvalue weighted by Crippen LogP contribution is -2.00. The fraction of sp³-hybridized carbons (Fsp3) is 0.143. The van der Waals surface area contributed by atoms with Crippen molar-refractivity contribution in [3.8, 4) is 17.2 Å². The van der Waals surface area contributed by atoms with Crippen LogP contribution in [-0.2, 0) is 6.54 Å². The Morgan fingerprint density at radius 1 is 1.06 bits per heavy atom. The highest BCUT2D eigenvalue weighted by molar-refractivity contribution is 5.50. The average Bonchev–Trinajstić information content (AvgIpc) is 2.39. The van der Waals surface area contributed by atoms with E-state index in [9.17, 15) is 10.2 Å². The molecule has 0 fully saturated rings. The molecule has 0 heterocycles. The number of methoxy groups -OCH3 is 1. The third-order valence-corrected chi connectivity index (χ3v) is 2.65. The van der Waals surface area contributed by atoms with Gasteiger partial charge in [-0.3, -0.25) is 0 Å². The standard InChI is InChI=1S/C14H15NO3/c1-18-13-4-2-3-10(14(13)17)9-15-11-5-7-12(16)8-6-11/h2-8,15-17H,9H2,1H3. The zero-order valence-corrected chi connectivity index (χ0v) is 10.1. The Balaban J connectivity index is 2.08. The number of hydrogen-bond acceptors (Lipinski definition) is 4. The lowest BCUT2D eigenvalue weighted by molar-refractivity contribution is 0.371. The Morgan fingerprint density at radius 3 is 2.44 bits per heavy atom. The summed E-state index contributed by atoms with van der Waals surface area (Å²) < 4.78 is 5.04. The summed E-state index contributed by atoms with van der Waals surface area (Å²) >= 11 is 0. The minimum Gasteiger partial charge on any atom is -0.508 e. The molecule has 4 nitrogen and oxygen atoms in total. The molecule has 2 rings (SSSR count). The van der Waals surface area contributed by atoms with Gasteiger partial charge in [-0.15, -0.1) is 0 Å². The molecule has 18 heavy (non-hydrogen) atoms. The van der Waals surface area contributed by atoms with E-state index < -0.39 is 0 Å². The van der Waals surface area contributed by atoms with Crippen molar-refractivity contribution < 1.29 is 14.9 Å². The van der Waals surface area contributed by atoms with Gasteiger partial charge >= 0.3 is 0 Å². The smallest absolute Gasteiger partial charge is 0.162 e. The van der Waals surface area contributed by atoms with Gasteiger partial charge in [0.2, 0.25) is 0 Å². The molecular weight excluding hydrogens is 230 g/mol. The van der Waals surface area contributed by atoms with Crippen LogP contribution in [0, 0.1) is 0 Å². The van der Waals surface area contributed by atoms with Crippen molar-refractivity contribution in [1.82, 2.24) is 0 Å². The Bertz CT molecular complexity index is 523. The summed E-state index contributed by atoms with van der Waals surface area (Å²) in [5, 5.41) is 22.2. The number of phenolic OH excluding ortho intramolecular Hbond substituents is 2. The SMILES string of the molecule is COc1cccc(CNc2ccc(O)cc2)c1O. The van der Waals surface area contributed by atoms with E-state index in [0.29, 0.717) is 12.3 Å². The fourth-order valence-electron chi connectivity index (χ4n) is 1.65. The molecule has 2 aromatic carbocycles. The molecule has 0 amide bonds. The minimum absolute atomic E-state index is 0.145. The summed E-state index contributed by atoms with van der Waals surface area (Å²) in [7, 11) is 1.52. The normalized spacial score (nSPS) is 10.1. The number of nitrogens with one attached hydrogen (secondary N) is 1. The van der Waals surface area contributed by atoms with Crippen LogP contribution < -0.4 is 10.1 Å². The number of para-hydroxylation sites is 1. The zero-order valence-electron chi connectivity index (χ0n) is 10.1. The summed E-state index contributed by atoms with van der Waals surface area (Å²) in [6, 6.07) is 12.1. The third kappa shape index (κ3) is 2.66. The molecule has 94 valence electrons. The van der Waals surface area contributed by atoms with Crippen LogP contribution in [0.4, 0.5) is 5.69 Å². The van der Waals surface area contributed by atoms with E-state index in [2.05, 4.69) is 5.32 Å². The van der Waals surface area contributed by atoms with Crippen molar-refractivity contribution in [3.63, 3.8) is 0 Å². The first-order valence-corrected chi connectivity index (χ1v) is 5.58. The number of rotatable bonds is 4. The number of ether oxygens (including phenoxy) is 1. The monoisotopic (exact) mass is 245 g/mol. The number of benzene rings is 2. The molecule has 0 saturated heterocycles. The maximum Gasteiger partial charge on any atom is 0.162 e. The Kier molecular flexibility index (Phi) is 3.57. The molecule has 0 unspecified atom stereocenters. The van der Waals surface area contributed by atoms with Gasteiger partial charge in [-0.2, -0.15) is 0 Å². The van der Waals surface area contributed by atoms with Crippen LogP contribution in [0.15, 0.2) is 42.5 Å². The summed E-state index contributed by atoms with van der Waals surface area (Å²) in [5.74, 6) is 0.830. The van der Waals surface area contributed by atoms with Gasteiger partial charge in [-0.25, -0.2) is 0 Å². The van der Waals surface area contributed by atoms with Crippen molar-refractivity contribution in [2.45, 2.75) is 6.54 Å². The van der Waals surface area contributed by atoms with Gasteiger partial charge < -0.3 is 20.3 Å². The van der Waals surface area contributed by atoms with Crippen LogP contribution in [0.25, 0.3) is 0 Å². The Hall–Kier alpha value is -2.36. The zero-order chi connectivity index (χ0) is 13.0. The summed E-state index contributed by atoms with van der Waals surface area (Å²) in [6.45, 7) is 0.480. The second-order valence-electron chi connectivity index (χ2n) is 3.87. The lowest BCUT2D eigenvalue weighted by Gasteiger charge is -2.10. The quantitative estimate of drug-likeness (QED) is 0.725. The largest absolute Gasteiger partial charge is 0.508 e. The van der Waals surface area contributed by atoms with Gasteiger partial charge in [0.15, 0.2) is 11.5 Å². The van der Waals surface area contributed by atoms with Crippen LogP contribution in [0.5, 0.6) is 17.2 Å². The molecule has 0 aliphatic heterocycles. The van der Waals surface area contributed by atoms with E-state index in [1.165, 1.54) is 7.11 Å². The highest BCUT2D eigenvalue weighted by Crippen LogP contribution is 2.29. The van der Waals surface area contributed by atoms with E-state index in [1.807, 2.05) is 12.1 Å². The van der Waals surface area contributed by atoms with Gasteiger partial charge in [0.25, 0.3) is 0 Å². The molecule has 0 aliphatic rings. The number of hydrogen-bond donors (Lipinski definition) is 3. The summed E-state index contributed by atoms with van der Waals surface area (Å²) in [4.78, 5) is 0. The second-order valence-corrected chi connectivity index (χ2v) is 3.87. The number of phenols is 2. The van der Waals surface area contributed by atoms with Gasteiger partial charge in [-0.1, -0.05) is 12.1 Å². The van der Waals surface area contributed by atoms with Gasteiger partial charge in [-0.05, 0) is 30.3 Å². The third-order valence-electron chi connectivity index (χ3n) is 2.65. The molecule has 0 aliphatic carbocycles. The van der Waals surface area contributed by atoms with Crippen molar-refractivity contribution in [3.05, 3.63) is 48.0 Å². The molecular formula is C14H15NO3. The van der Waals surface area contributed by atoms with E-state index in [0.717, 1.165) is 11.3 Å². The van der Waals surface area contributed by atoms with E-state index in [1.54, 1.807) is 30.3 Å². The van der Waals surface area contributed by atoms with Crippen LogP contribution in [0.2, 0.25) is 0 Å². The molecule has 0 spiro atoms. The predicted octanol–water partition coefficient (Wildman–Crippen LogP) is 2.72. The van der Waals surface area contributed by atoms with Gasteiger partial charge in [0.05, 0.1) is 7.11 Å². The van der Waals surface area contributed by atoms with Crippen molar-refractivity contribution >= 4 is 5.69 Å². The molecule has 0 bridgehead atoms. The number of anilines is 1. The summed E-state index contributed by atoms with van der Waals surface area (Å²) in [5.41, 5.74) is 1.62. The van der Waals surface area contributed by atoms with Crippen molar-refractivity contribution in [1.29, 1.82) is 0 Å². The summed E-state index contributed by atoms with van der Waals surface area (Å²) in [6.07, 6.45) is 0. The highest BCUT2D eigenvalue weighted by atomic mass is 16.5. The Morgan fingerprint density at radius 2 is 1.78 bits per heavy atom. The van der Waals surface area contributed by atoms with Gasteiger partial charge in [0, 0.05) is 17.8 Å². The average molecular weight is 245 g/mol. The topological polar surface area (TPSA) is 61.7 Å². The first-order valence-electron chi connectivity index (χ1n) is 5.58. The molecule has 0 radical (unpaired) electrons. The fourth-order valence-corrected chi connectivity index (χ4v) is 1.65.